The fraction of sp³-hybridized carbons (Fsp3) is 0.617. The van der Waals surface area contributed by atoms with Gasteiger partial charge in [0.25, 0.3) is 5.91 Å². The number of esters is 1. The average molecular weight is 1080 g/mol. The van der Waals surface area contributed by atoms with E-state index in [1.807, 2.05) is 95.3 Å². The molecule has 430 valence electrons. The van der Waals surface area contributed by atoms with Crippen LogP contribution in [0.2, 0.25) is 0 Å². The highest BCUT2D eigenvalue weighted by Gasteiger charge is 2.45. The topological polar surface area (TPSA) is 215 Å². The van der Waals surface area contributed by atoms with Crippen LogP contribution in [0.4, 0.5) is 0 Å². The zero-order valence-corrected chi connectivity index (χ0v) is 49.3. The molecule has 8 amide bonds. The van der Waals surface area contributed by atoms with Crippen molar-refractivity contribution >= 4 is 53.2 Å². The van der Waals surface area contributed by atoms with E-state index in [9.17, 15) is 33.6 Å². The molecule has 0 aliphatic carbocycles. The van der Waals surface area contributed by atoms with E-state index in [2.05, 4.69) is 16.0 Å². The monoisotopic (exact) mass is 1080 g/mol. The normalized spacial score (nSPS) is 25.5. The van der Waals surface area contributed by atoms with Crippen molar-refractivity contribution in [2.24, 2.45) is 29.6 Å². The summed E-state index contributed by atoms with van der Waals surface area (Å²) >= 11 is 0. The van der Waals surface area contributed by atoms with Crippen molar-refractivity contribution in [1.82, 2.24) is 40.4 Å². The van der Waals surface area contributed by atoms with E-state index in [1.54, 1.807) is 48.5 Å². The van der Waals surface area contributed by atoms with E-state index in [-0.39, 0.29) is 43.8 Å². The molecule has 0 saturated carbocycles. The number of carbonyl (C=O) groups is 9. The predicted octanol–water partition coefficient (Wildman–Crippen LogP) is 5.53. The Hall–Kier alpha value is -6.59. The Morgan fingerprint density at radius 3 is 1.56 bits per heavy atom. The van der Waals surface area contributed by atoms with Crippen LogP contribution in [0.3, 0.4) is 0 Å². The minimum atomic E-state index is -1.43. The largest absolute Gasteiger partial charge is 0.447 e. The molecule has 2 aliphatic rings. The van der Waals surface area contributed by atoms with Gasteiger partial charge in [-0.2, -0.15) is 0 Å². The first-order valence-corrected chi connectivity index (χ1v) is 27.9. The van der Waals surface area contributed by atoms with Gasteiger partial charge < -0.3 is 45.2 Å². The van der Waals surface area contributed by atoms with Gasteiger partial charge in [-0.25, -0.2) is 4.79 Å². The first-order valence-electron chi connectivity index (χ1n) is 27.9. The second-order valence-corrected chi connectivity index (χ2v) is 22.9. The third kappa shape index (κ3) is 15.8. The molecule has 78 heavy (non-hydrogen) atoms. The van der Waals surface area contributed by atoms with Crippen LogP contribution >= 0.6 is 0 Å². The predicted molar refractivity (Wildman–Crippen MR) is 300 cm³/mol. The van der Waals surface area contributed by atoms with Crippen molar-refractivity contribution in [3.05, 3.63) is 83.1 Å². The fourth-order valence-corrected chi connectivity index (χ4v) is 10.7. The van der Waals surface area contributed by atoms with Crippen LogP contribution in [0.25, 0.3) is 0 Å². The van der Waals surface area contributed by atoms with Gasteiger partial charge in [0, 0.05) is 53.5 Å². The zero-order chi connectivity index (χ0) is 58.5. The number of fused-ring (bicyclic) bond motifs is 1. The van der Waals surface area contributed by atoms with Gasteiger partial charge in [0.1, 0.15) is 48.0 Å². The van der Waals surface area contributed by atoms with Gasteiger partial charge in [-0.1, -0.05) is 136 Å². The molecule has 3 N–H and O–H groups in total. The summed E-state index contributed by atoms with van der Waals surface area (Å²) in [4.78, 5) is 140. The molecule has 2 aliphatic heterocycles. The molecule has 2 saturated heterocycles. The number of allylic oxidation sites excluding steroid dienone is 1. The minimum Gasteiger partial charge on any atom is -0.447 e. The van der Waals surface area contributed by atoms with E-state index in [0.717, 1.165) is 10.5 Å². The van der Waals surface area contributed by atoms with Crippen molar-refractivity contribution in [1.29, 1.82) is 0 Å². The van der Waals surface area contributed by atoms with Crippen LogP contribution in [-0.2, 0) is 60.7 Å². The SMILES string of the molecule is CC[C@H](C)[C@@H]1NC(=O)[C@@H]2CCCN2C(=O)[C@H](Cc2ccccc2)N(C)C(=O)[C@H](Cc2ccccc2)NC(=O)[C@H](C(C)C)N(C)C(=O)[C@@H]([C@@H](C)CC)OC(=O)C(=C(C)C)N(C)C(=O)[C@H](CC(C)C)NC(=O)[C@H](C(C)C)N(C)C1=O. The first-order chi connectivity index (χ1) is 36.7. The van der Waals surface area contributed by atoms with Crippen LogP contribution in [0.1, 0.15) is 126 Å². The second kappa shape index (κ2) is 28.9. The maximum Gasteiger partial charge on any atom is 0.355 e. The van der Waals surface area contributed by atoms with Gasteiger partial charge in [-0.05, 0) is 79.9 Å². The summed E-state index contributed by atoms with van der Waals surface area (Å²) < 4.78 is 6.13. The van der Waals surface area contributed by atoms with Gasteiger partial charge in [0.2, 0.25) is 41.4 Å². The number of ether oxygens (including phenoxy) is 1. The molecule has 4 rings (SSSR count). The van der Waals surface area contributed by atoms with E-state index >= 15 is 9.59 Å². The van der Waals surface area contributed by atoms with Gasteiger partial charge in [0.05, 0.1) is 0 Å². The van der Waals surface area contributed by atoms with Crippen molar-refractivity contribution in [2.75, 3.05) is 34.7 Å². The summed E-state index contributed by atoms with van der Waals surface area (Å²) in [6.45, 7) is 21.5. The summed E-state index contributed by atoms with van der Waals surface area (Å²) in [6, 6.07) is 10.2. The Kier molecular flexibility index (Phi) is 23.7. The summed E-state index contributed by atoms with van der Waals surface area (Å²) in [5, 5.41) is 8.86. The van der Waals surface area contributed by atoms with Crippen LogP contribution < -0.4 is 16.0 Å². The highest BCUT2D eigenvalue weighted by atomic mass is 16.6. The average Bonchev–Trinajstić information content (AvgIpc) is 3.91. The van der Waals surface area contributed by atoms with Crippen LogP contribution in [0, 0.1) is 29.6 Å². The van der Waals surface area contributed by atoms with Crippen LogP contribution in [0.5, 0.6) is 0 Å². The number of hydrogen-bond donors (Lipinski definition) is 3. The maximum atomic E-state index is 15.3. The third-order valence-electron chi connectivity index (χ3n) is 15.5. The number of likely N-dealkylation sites (N-methyl/N-ethyl adjacent to an activating group) is 4. The summed E-state index contributed by atoms with van der Waals surface area (Å²) in [7, 11) is 5.84. The number of cyclic esters (lactones) is 1. The number of rotatable bonds is 12. The molecular weight excluding hydrogens is 993 g/mol. The molecule has 2 aromatic carbocycles. The maximum absolute atomic E-state index is 15.3. The van der Waals surface area contributed by atoms with Gasteiger partial charge >= 0.3 is 5.97 Å². The molecule has 2 heterocycles. The summed E-state index contributed by atoms with van der Waals surface area (Å²) in [6.07, 6.45) is 0.392. The van der Waals surface area contributed by atoms with Crippen LogP contribution in [0.15, 0.2) is 71.9 Å². The standard InChI is InChI=1S/C60H90N8O10/c1-17-39(11)47-58(75)65(14)48(36(5)6)53(70)61-43(32-35(3)4)56(73)67(16)50(38(9)10)60(77)78-51(40(12)18-2)59(76)66(15)49(37(7)8)54(71)62-44(33-41-26-21-19-22-27-41)55(72)64(13)46(34-42-28-23-20-24-29-42)57(74)68-31-25-30-45(68)52(69)63-47/h19-24,26-29,35-37,39-40,43-49,51H,17-18,25,30-34H2,1-16H3,(H,61,70)(H,62,71)(H,63,69)/t39-,40-,43-,44-,45-,46-,47-,48-,49-,51+/m0/s1. The van der Waals surface area contributed by atoms with E-state index in [1.165, 1.54) is 47.8 Å². The molecule has 10 atom stereocenters. The third-order valence-corrected chi connectivity index (χ3v) is 15.5. The number of amides is 8. The lowest BCUT2D eigenvalue weighted by Crippen LogP contribution is -2.62. The minimum absolute atomic E-state index is 0.0142. The molecule has 18 nitrogen and oxygen atoms in total. The Labute approximate surface area is 463 Å². The van der Waals surface area contributed by atoms with Gasteiger partial charge in [-0.3, -0.25) is 38.4 Å². The molecular formula is C60H90N8O10. The molecule has 18 heteroatoms. The number of nitrogens with zero attached hydrogens (tertiary/aromatic N) is 5. The molecule has 0 bridgehead atoms. The van der Waals surface area contributed by atoms with Gasteiger partial charge in [0.15, 0.2) is 6.10 Å². The number of carbonyl (C=O) groups excluding carboxylic acids is 9. The summed E-state index contributed by atoms with van der Waals surface area (Å²) in [5.74, 6) is -7.95. The Bertz CT molecular complexity index is 2460. The van der Waals surface area contributed by atoms with Crippen molar-refractivity contribution in [3.8, 4) is 0 Å². The molecule has 0 radical (unpaired) electrons. The quantitative estimate of drug-likeness (QED) is 0.179. The zero-order valence-electron chi connectivity index (χ0n) is 49.3. The van der Waals surface area contributed by atoms with Crippen molar-refractivity contribution in [2.45, 2.75) is 176 Å². The fourth-order valence-electron chi connectivity index (χ4n) is 10.7. The number of hydrogen-bond acceptors (Lipinski definition) is 10. The van der Waals surface area contributed by atoms with E-state index in [0.29, 0.717) is 30.4 Å². The van der Waals surface area contributed by atoms with Crippen molar-refractivity contribution in [3.63, 3.8) is 0 Å². The smallest absolute Gasteiger partial charge is 0.355 e. The lowest BCUT2D eigenvalue weighted by Gasteiger charge is -2.37. The molecule has 2 aromatic rings. The highest BCUT2D eigenvalue weighted by molar-refractivity contribution is 6.01. The second-order valence-electron chi connectivity index (χ2n) is 22.9. The summed E-state index contributed by atoms with van der Waals surface area (Å²) in [5.41, 5.74) is 1.68. The molecule has 0 aromatic heterocycles. The molecule has 0 spiro atoms. The van der Waals surface area contributed by atoms with E-state index < -0.39 is 125 Å². The molecule has 2 fully saturated rings. The van der Waals surface area contributed by atoms with Crippen LogP contribution in [-0.4, -0.2) is 161 Å². The lowest BCUT2D eigenvalue weighted by atomic mass is 9.94. The number of benzene rings is 2. The van der Waals surface area contributed by atoms with Crippen molar-refractivity contribution < 1.29 is 47.9 Å². The number of nitrogens with one attached hydrogen (secondary N) is 3. The Balaban J connectivity index is 1.97. The van der Waals surface area contributed by atoms with E-state index in [4.69, 9.17) is 4.74 Å². The Morgan fingerprint density at radius 1 is 0.577 bits per heavy atom. The lowest BCUT2D eigenvalue weighted by molar-refractivity contribution is -0.164. The first kappa shape index (κ1) is 63.9. The Morgan fingerprint density at radius 2 is 1.08 bits per heavy atom. The van der Waals surface area contributed by atoms with Gasteiger partial charge in [-0.15, -0.1) is 0 Å². The molecule has 0 unspecified atom stereocenters. The highest BCUT2D eigenvalue weighted by Crippen LogP contribution is 2.27.